The molecule has 2 atom stereocenters. The third-order valence-corrected chi connectivity index (χ3v) is 2.77. The highest BCUT2D eigenvalue weighted by Gasteiger charge is 2.33. The fraction of sp³-hybridized carbons (Fsp3) is 0.600. The van der Waals surface area contributed by atoms with Crippen LogP contribution in [0.3, 0.4) is 0 Å². The molecule has 1 aliphatic rings. The van der Waals surface area contributed by atoms with E-state index in [4.69, 9.17) is 0 Å². The van der Waals surface area contributed by atoms with Crippen LogP contribution in [-0.2, 0) is 7.05 Å². The van der Waals surface area contributed by atoms with Gasteiger partial charge in [0.25, 0.3) is 5.91 Å². The summed E-state index contributed by atoms with van der Waals surface area (Å²) < 4.78 is 1.51. The third-order valence-electron chi connectivity index (χ3n) is 2.77. The number of likely N-dealkylation sites (tertiary alicyclic amines) is 1. The zero-order valence-electron chi connectivity index (χ0n) is 9.29. The molecule has 88 valence electrons. The molecule has 0 aliphatic carbocycles. The molecular weight excluding hydrogens is 210 g/mol. The maximum atomic E-state index is 12.0. The van der Waals surface area contributed by atoms with E-state index < -0.39 is 12.2 Å². The SMILES string of the molecule is Cc1cc(C(=O)N2CC(O)C(O)C2)n(C)n1. The summed E-state index contributed by atoms with van der Waals surface area (Å²) in [5, 5.41) is 22.8. The Kier molecular flexibility index (Phi) is 2.69. The van der Waals surface area contributed by atoms with Gasteiger partial charge in [0.15, 0.2) is 0 Å². The second kappa shape index (κ2) is 3.88. The molecule has 1 fully saturated rings. The Bertz CT molecular complexity index is 405. The Hall–Kier alpha value is -1.40. The van der Waals surface area contributed by atoms with E-state index in [0.29, 0.717) is 5.69 Å². The Morgan fingerprint density at radius 1 is 1.44 bits per heavy atom. The number of carbonyl (C=O) groups excluding carboxylic acids is 1. The number of aromatic nitrogens is 2. The van der Waals surface area contributed by atoms with Gasteiger partial charge in [0.1, 0.15) is 5.69 Å². The van der Waals surface area contributed by atoms with Gasteiger partial charge in [-0.05, 0) is 13.0 Å². The Balaban J connectivity index is 2.17. The number of aliphatic hydroxyl groups is 2. The summed E-state index contributed by atoms with van der Waals surface area (Å²) in [6.45, 7) is 2.15. The van der Waals surface area contributed by atoms with Crippen LogP contribution in [0.15, 0.2) is 6.07 Å². The molecule has 0 saturated carbocycles. The van der Waals surface area contributed by atoms with Gasteiger partial charge in [-0.3, -0.25) is 9.48 Å². The Labute approximate surface area is 93.1 Å². The molecule has 2 rings (SSSR count). The van der Waals surface area contributed by atoms with Crippen molar-refractivity contribution in [2.45, 2.75) is 19.1 Å². The van der Waals surface area contributed by atoms with Gasteiger partial charge >= 0.3 is 0 Å². The standard InChI is InChI=1S/C10H15N3O3/c1-6-3-7(12(2)11-6)10(16)13-4-8(14)9(15)5-13/h3,8-9,14-15H,4-5H2,1-2H3. The maximum absolute atomic E-state index is 12.0. The van der Waals surface area contributed by atoms with E-state index in [1.807, 2.05) is 6.92 Å². The molecular formula is C10H15N3O3. The summed E-state index contributed by atoms with van der Waals surface area (Å²) in [4.78, 5) is 13.5. The van der Waals surface area contributed by atoms with Crippen molar-refractivity contribution in [3.8, 4) is 0 Å². The number of rotatable bonds is 1. The van der Waals surface area contributed by atoms with Crippen LogP contribution in [-0.4, -0.2) is 56.1 Å². The van der Waals surface area contributed by atoms with Gasteiger partial charge in [0.2, 0.25) is 0 Å². The van der Waals surface area contributed by atoms with E-state index in [1.165, 1.54) is 9.58 Å². The highest BCUT2D eigenvalue weighted by molar-refractivity contribution is 5.93. The monoisotopic (exact) mass is 225 g/mol. The van der Waals surface area contributed by atoms with Crippen LogP contribution < -0.4 is 0 Å². The first kappa shape index (κ1) is 11.1. The van der Waals surface area contributed by atoms with Gasteiger partial charge in [-0.2, -0.15) is 5.10 Å². The van der Waals surface area contributed by atoms with E-state index in [-0.39, 0.29) is 19.0 Å². The second-order valence-corrected chi connectivity index (χ2v) is 4.14. The first-order valence-electron chi connectivity index (χ1n) is 5.15. The van der Waals surface area contributed by atoms with Gasteiger partial charge in [-0.1, -0.05) is 0 Å². The van der Waals surface area contributed by atoms with Crippen molar-refractivity contribution < 1.29 is 15.0 Å². The van der Waals surface area contributed by atoms with Crippen LogP contribution in [0.25, 0.3) is 0 Å². The summed E-state index contributed by atoms with van der Waals surface area (Å²) in [5.41, 5.74) is 1.24. The lowest BCUT2D eigenvalue weighted by molar-refractivity contribution is 0.0572. The number of amides is 1. The van der Waals surface area contributed by atoms with Crippen LogP contribution in [0.4, 0.5) is 0 Å². The van der Waals surface area contributed by atoms with Crippen molar-refractivity contribution in [1.82, 2.24) is 14.7 Å². The second-order valence-electron chi connectivity index (χ2n) is 4.14. The summed E-state index contributed by atoms with van der Waals surface area (Å²) in [5.74, 6) is -0.210. The van der Waals surface area contributed by atoms with Gasteiger partial charge < -0.3 is 15.1 Å². The molecule has 1 amide bonds. The molecule has 1 aromatic rings. The lowest BCUT2D eigenvalue weighted by Crippen LogP contribution is -2.31. The van der Waals surface area contributed by atoms with Gasteiger partial charge in [-0.15, -0.1) is 0 Å². The first-order valence-corrected chi connectivity index (χ1v) is 5.15. The van der Waals surface area contributed by atoms with E-state index >= 15 is 0 Å². The lowest BCUT2D eigenvalue weighted by Gasteiger charge is -2.14. The molecule has 2 unspecified atom stereocenters. The molecule has 1 saturated heterocycles. The predicted molar refractivity (Wildman–Crippen MR) is 55.9 cm³/mol. The Morgan fingerprint density at radius 2 is 2.00 bits per heavy atom. The van der Waals surface area contributed by atoms with Crippen LogP contribution >= 0.6 is 0 Å². The van der Waals surface area contributed by atoms with E-state index in [9.17, 15) is 15.0 Å². The minimum Gasteiger partial charge on any atom is -0.388 e. The van der Waals surface area contributed by atoms with E-state index in [2.05, 4.69) is 5.10 Å². The minimum absolute atomic E-state index is 0.171. The fourth-order valence-electron chi connectivity index (χ4n) is 1.91. The zero-order chi connectivity index (χ0) is 11.9. The van der Waals surface area contributed by atoms with E-state index in [1.54, 1.807) is 13.1 Å². The summed E-state index contributed by atoms with van der Waals surface area (Å²) in [7, 11) is 1.70. The highest BCUT2D eigenvalue weighted by atomic mass is 16.3. The fourth-order valence-corrected chi connectivity index (χ4v) is 1.91. The number of hydrogen-bond donors (Lipinski definition) is 2. The van der Waals surface area contributed by atoms with Gasteiger partial charge in [-0.25, -0.2) is 0 Å². The van der Waals surface area contributed by atoms with E-state index in [0.717, 1.165) is 5.69 Å². The molecule has 0 spiro atoms. The smallest absolute Gasteiger partial charge is 0.272 e. The van der Waals surface area contributed by atoms with Crippen molar-refractivity contribution in [3.05, 3.63) is 17.5 Å². The lowest BCUT2D eigenvalue weighted by atomic mass is 10.3. The van der Waals surface area contributed by atoms with Crippen molar-refractivity contribution in [2.75, 3.05) is 13.1 Å². The van der Waals surface area contributed by atoms with Gasteiger partial charge in [0.05, 0.1) is 17.9 Å². The molecule has 2 heterocycles. The van der Waals surface area contributed by atoms with Crippen LogP contribution in [0.5, 0.6) is 0 Å². The molecule has 1 aliphatic heterocycles. The summed E-state index contributed by atoms with van der Waals surface area (Å²) in [6.07, 6.45) is -1.70. The van der Waals surface area contributed by atoms with Crippen LogP contribution in [0.2, 0.25) is 0 Å². The normalized spacial score (nSPS) is 25.1. The van der Waals surface area contributed by atoms with Crippen LogP contribution in [0.1, 0.15) is 16.2 Å². The van der Waals surface area contributed by atoms with Crippen molar-refractivity contribution >= 4 is 5.91 Å². The summed E-state index contributed by atoms with van der Waals surface area (Å²) >= 11 is 0. The molecule has 16 heavy (non-hydrogen) atoms. The third kappa shape index (κ3) is 1.81. The number of aryl methyl sites for hydroxylation is 2. The molecule has 0 radical (unpaired) electrons. The Morgan fingerprint density at radius 3 is 2.44 bits per heavy atom. The molecule has 6 nitrogen and oxygen atoms in total. The maximum Gasteiger partial charge on any atom is 0.272 e. The molecule has 0 aromatic carbocycles. The van der Waals surface area contributed by atoms with Crippen molar-refractivity contribution in [2.24, 2.45) is 7.05 Å². The highest BCUT2D eigenvalue weighted by Crippen LogP contribution is 2.14. The zero-order valence-corrected chi connectivity index (χ0v) is 9.29. The molecule has 1 aromatic heterocycles. The number of carbonyl (C=O) groups is 1. The van der Waals surface area contributed by atoms with Crippen molar-refractivity contribution in [1.29, 1.82) is 0 Å². The number of hydrogen-bond acceptors (Lipinski definition) is 4. The largest absolute Gasteiger partial charge is 0.388 e. The number of aliphatic hydroxyl groups excluding tert-OH is 2. The quantitative estimate of drug-likeness (QED) is 0.636. The van der Waals surface area contributed by atoms with Crippen molar-refractivity contribution in [3.63, 3.8) is 0 Å². The summed E-state index contributed by atoms with van der Waals surface area (Å²) in [6, 6.07) is 1.69. The van der Waals surface area contributed by atoms with Gasteiger partial charge in [0, 0.05) is 20.1 Å². The average molecular weight is 225 g/mol. The topological polar surface area (TPSA) is 78.6 Å². The molecule has 2 N–H and O–H groups in total. The molecule has 0 bridgehead atoms. The van der Waals surface area contributed by atoms with Crippen LogP contribution in [0, 0.1) is 6.92 Å². The number of nitrogens with zero attached hydrogens (tertiary/aromatic N) is 3. The average Bonchev–Trinajstić information content (AvgIpc) is 2.70. The predicted octanol–water partition coefficient (Wildman–Crippen LogP) is -1.09. The molecule has 6 heteroatoms. The number of β-amino-alcohol motifs (C(OH)–C–C–N with tert-alkyl or cyclic N) is 2. The minimum atomic E-state index is -0.849. The first-order chi connectivity index (χ1) is 7.49.